The molecule has 1 atom stereocenters. The monoisotopic (exact) mass is 281 g/mol. The van der Waals surface area contributed by atoms with E-state index in [0.717, 1.165) is 29.3 Å². The summed E-state index contributed by atoms with van der Waals surface area (Å²) in [5.74, 6) is 1.05. The molecule has 16 heavy (non-hydrogen) atoms. The zero-order chi connectivity index (χ0) is 11.0. The minimum Gasteiger partial charge on any atom is -0.493 e. The number of rotatable bonds is 2. The van der Waals surface area contributed by atoms with E-state index in [9.17, 15) is 0 Å². The first-order valence-corrected chi connectivity index (χ1v) is 6.80. The Kier molecular flexibility index (Phi) is 2.90. The van der Waals surface area contributed by atoms with Crippen LogP contribution in [-0.2, 0) is 0 Å². The lowest BCUT2D eigenvalue weighted by molar-refractivity contribution is 0.222. The molecule has 2 aliphatic rings. The van der Waals surface area contributed by atoms with Gasteiger partial charge in [-0.3, -0.25) is 0 Å². The van der Waals surface area contributed by atoms with E-state index in [1.807, 2.05) is 6.07 Å². The van der Waals surface area contributed by atoms with Crippen LogP contribution in [0.4, 0.5) is 0 Å². The van der Waals surface area contributed by atoms with Crippen molar-refractivity contribution >= 4 is 15.9 Å². The second kappa shape index (κ2) is 4.38. The highest BCUT2D eigenvalue weighted by Gasteiger charge is 2.26. The van der Waals surface area contributed by atoms with Gasteiger partial charge in [0.2, 0.25) is 0 Å². The maximum Gasteiger partial charge on any atom is 0.124 e. The highest BCUT2D eigenvalue weighted by molar-refractivity contribution is 9.10. The normalized spacial score (nSPS) is 24.4. The van der Waals surface area contributed by atoms with Crippen LogP contribution in [0.15, 0.2) is 22.7 Å². The fraction of sp³-hybridized carbons (Fsp3) is 0.538. The van der Waals surface area contributed by atoms with Crippen molar-refractivity contribution in [3.8, 4) is 5.75 Å². The Hall–Kier alpha value is -0.540. The molecule has 86 valence electrons. The van der Waals surface area contributed by atoms with E-state index in [2.05, 4.69) is 33.4 Å². The Morgan fingerprint density at radius 3 is 2.88 bits per heavy atom. The van der Waals surface area contributed by atoms with Gasteiger partial charge in [0.15, 0.2) is 0 Å². The molecule has 1 fully saturated rings. The third-order valence-corrected chi connectivity index (χ3v) is 4.05. The molecule has 3 rings (SSSR count). The molecule has 1 N–H and O–H groups in total. The molecule has 2 nitrogen and oxygen atoms in total. The number of nitrogens with one attached hydrogen (secondary N) is 1. The van der Waals surface area contributed by atoms with Gasteiger partial charge in [-0.05, 0) is 31.0 Å². The van der Waals surface area contributed by atoms with Crippen molar-refractivity contribution in [1.29, 1.82) is 0 Å². The smallest absolute Gasteiger partial charge is 0.124 e. The molecule has 1 aliphatic carbocycles. The zero-order valence-corrected chi connectivity index (χ0v) is 10.8. The van der Waals surface area contributed by atoms with Crippen molar-refractivity contribution in [2.75, 3.05) is 6.61 Å². The van der Waals surface area contributed by atoms with Crippen LogP contribution < -0.4 is 10.1 Å². The average molecular weight is 282 g/mol. The minimum atomic E-state index is 0.478. The fourth-order valence-electron chi connectivity index (χ4n) is 2.40. The summed E-state index contributed by atoms with van der Waals surface area (Å²) < 4.78 is 6.82. The Balaban J connectivity index is 1.83. The topological polar surface area (TPSA) is 21.3 Å². The van der Waals surface area contributed by atoms with Crippen molar-refractivity contribution < 1.29 is 4.74 Å². The van der Waals surface area contributed by atoms with Gasteiger partial charge < -0.3 is 10.1 Å². The molecule has 1 aromatic rings. The van der Waals surface area contributed by atoms with E-state index in [-0.39, 0.29) is 0 Å². The molecule has 1 aliphatic heterocycles. The first kappa shape index (κ1) is 10.6. The molecule has 0 amide bonds. The van der Waals surface area contributed by atoms with Gasteiger partial charge in [-0.25, -0.2) is 0 Å². The van der Waals surface area contributed by atoms with Gasteiger partial charge in [-0.1, -0.05) is 22.4 Å². The number of hydrogen-bond donors (Lipinski definition) is 1. The Morgan fingerprint density at radius 1 is 1.25 bits per heavy atom. The molecule has 0 saturated heterocycles. The summed E-state index contributed by atoms with van der Waals surface area (Å²) in [6.07, 6.45) is 5.13. The van der Waals surface area contributed by atoms with Crippen LogP contribution in [-0.4, -0.2) is 12.6 Å². The van der Waals surface area contributed by atoms with Crippen LogP contribution in [0, 0.1) is 0 Å². The summed E-state index contributed by atoms with van der Waals surface area (Å²) in [7, 11) is 0. The Morgan fingerprint density at radius 2 is 2.12 bits per heavy atom. The molecule has 1 unspecified atom stereocenters. The number of fused-ring (bicyclic) bond motifs is 1. The molecule has 1 heterocycles. The summed E-state index contributed by atoms with van der Waals surface area (Å²) in [5, 5.41) is 3.74. The van der Waals surface area contributed by atoms with Crippen LogP contribution in [0.5, 0.6) is 5.75 Å². The van der Waals surface area contributed by atoms with Crippen molar-refractivity contribution in [3.63, 3.8) is 0 Å². The van der Waals surface area contributed by atoms with E-state index in [1.54, 1.807) is 0 Å². The third-order valence-electron chi connectivity index (χ3n) is 3.55. The lowest BCUT2D eigenvalue weighted by atomic mass is 9.90. The zero-order valence-electron chi connectivity index (χ0n) is 9.21. The maximum absolute atomic E-state index is 5.68. The summed E-state index contributed by atoms with van der Waals surface area (Å²) >= 11 is 3.53. The summed E-state index contributed by atoms with van der Waals surface area (Å²) in [4.78, 5) is 0. The first-order valence-electron chi connectivity index (χ1n) is 6.01. The number of halogens is 1. The summed E-state index contributed by atoms with van der Waals surface area (Å²) in [5.41, 5.74) is 1.31. The molecule has 0 aromatic heterocycles. The van der Waals surface area contributed by atoms with Crippen molar-refractivity contribution in [1.82, 2.24) is 5.32 Å². The highest BCUT2D eigenvalue weighted by atomic mass is 79.9. The molecule has 0 radical (unpaired) electrons. The molecule has 3 heteroatoms. The third kappa shape index (κ3) is 1.98. The molecule has 0 spiro atoms. The van der Waals surface area contributed by atoms with Gasteiger partial charge in [-0.2, -0.15) is 0 Å². The standard InChI is InChI=1S/C13H16BrNO/c14-9-4-5-13-11(8-9)12(6-7-16-13)15-10-2-1-3-10/h4-5,8,10,12,15H,1-3,6-7H2. The Labute approximate surface area is 105 Å². The van der Waals surface area contributed by atoms with Gasteiger partial charge in [0, 0.05) is 28.5 Å². The molecule has 0 bridgehead atoms. The number of ether oxygens (including phenoxy) is 1. The van der Waals surface area contributed by atoms with E-state index in [1.165, 1.54) is 24.8 Å². The van der Waals surface area contributed by atoms with Crippen molar-refractivity contribution in [2.24, 2.45) is 0 Å². The highest BCUT2D eigenvalue weighted by Crippen LogP contribution is 2.35. The molecular formula is C13H16BrNO. The minimum absolute atomic E-state index is 0.478. The van der Waals surface area contributed by atoms with Crippen LogP contribution in [0.1, 0.15) is 37.3 Å². The molecule has 1 aromatic carbocycles. The summed E-state index contributed by atoms with van der Waals surface area (Å²) in [6, 6.07) is 7.50. The lowest BCUT2D eigenvalue weighted by Gasteiger charge is -2.34. The van der Waals surface area contributed by atoms with Gasteiger partial charge >= 0.3 is 0 Å². The van der Waals surface area contributed by atoms with Gasteiger partial charge in [-0.15, -0.1) is 0 Å². The van der Waals surface area contributed by atoms with Gasteiger partial charge in [0.05, 0.1) is 6.61 Å². The van der Waals surface area contributed by atoms with Crippen molar-refractivity contribution in [3.05, 3.63) is 28.2 Å². The number of hydrogen-bond acceptors (Lipinski definition) is 2. The largest absolute Gasteiger partial charge is 0.493 e. The van der Waals surface area contributed by atoms with E-state index in [4.69, 9.17) is 4.74 Å². The Bertz CT molecular complexity index is 390. The second-order valence-electron chi connectivity index (χ2n) is 4.67. The predicted molar refractivity (Wildman–Crippen MR) is 67.8 cm³/mol. The fourth-order valence-corrected chi connectivity index (χ4v) is 2.78. The van der Waals surface area contributed by atoms with Gasteiger partial charge in [0.25, 0.3) is 0 Å². The van der Waals surface area contributed by atoms with E-state index >= 15 is 0 Å². The van der Waals surface area contributed by atoms with E-state index in [0.29, 0.717) is 6.04 Å². The van der Waals surface area contributed by atoms with Crippen LogP contribution in [0.3, 0.4) is 0 Å². The molecular weight excluding hydrogens is 266 g/mol. The van der Waals surface area contributed by atoms with Gasteiger partial charge in [0.1, 0.15) is 5.75 Å². The van der Waals surface area contributed by atoms with Crippen LogP contribution >= 0.6 is 15.9 Å². The maximum atomic E-state index is 5.68. The lowest BCUT2D eigenvalue weighted by Crippen LogP contribution is -2.39. The number of benzene rings is 1. The quantitative estimate of drug-likeness (QED) is 0.897. The summed E-state index contributed by atoms with van der Waals surface area (Å²) in [6.45, 7) is 0.832. The first-order chi connectivity index (χ1) is 7.83. The average Bonchev–Trinajstić information content (AvgIpc) is 2.23. The van der Waals surface area contributed by atoms with E-state index < -0.39 is 0 Å². The molecule has 1 saturated carbocycles. The SMILES string of the molecule is Brc1ccc2c(c1)C(NC1CCC1)CCO2. The van der Waals surface area contributed by atoms with Crippen molar-refractivity contribution in [2.45, 2.75) is 37.8 Å². The van der Waals surface area contributed by atoms with Crippen LogP contribution in [0.25, 0.3) is 0 Å². The predicted octanol–water partition coefficient (Wildman–Crippen LogP) is 3.41. The van der Waals surface area contributed by atoms with Crippen LogP contribution in [0.2, 0.25) is 0 Å². The second-order valence-corrected chi connectivity index (χ2v) is 5.58.